The first-order valence-corrected chi connectivity index (χ1v) is 9.22. The zero-order valence-electron chi connectivity index (χ0n) is 15.7. The number of carbonyl (C=O) groups is 3. The van der Waals surface area contributed by atoms with Crippen LogP contribution in [0.25, 0.3) is 0 Å². The summed E-state index contributed by atoms with van der Waals surface area (Å²) in [5, 5.41) is 14.0. The third-order valence-electron chi connectivity index (χ3n) is 3.46. The minimum absolute atomic E-state index is 0.123. The summed E-state index contributed by atoms with van der Waals surface area (Å²) in [6.45, 7) is 10.2. The van der Waals surface area contributed by atoms with Gasteiger partial charge in [-0.2, -0.15) is 12.6 Å². The van der Waals surface area contributed by atoms with E-state index in [9.17, 15) is 19.5 Å². The van der Waals surface area contributed by atoms with Gasteiger partial charge in [0.25, 0.3) is 5.91 Å². The molecule has 0 saturated carbocycles. The van der Waals surface area contributed by atoms with Gasteiger partial charge in [0.15, 0.2) is 6.10 Å². The molecule has 0 heterocycles. The largest absolute Gasteiger partial charge is 0.465 e. The lowest BCUT2D eigenvalue weighted by Gasteiger charge is -2.23. The van der Waals surface area contributed by atoms with Gasteiger partial charge in [0.1, 0.15) is 11.3 Å². The smallest absolute Gasteiger partial charge is 0.322 e. The predicted octanol–water partition coefficient (Wildman–Crippen LogP) is 0.902. The monoisotopic (exact) mass is 376 g/mol. The Morgan fingerprint density at radius 3 is 2.16 bits per heavy atom. The number of ether oxygens (including phenoxy) is 1. The molecule has 3 atom stereocenters. The molecule has 0 aromatic carbocycles. The number of nitrogens with one attached hydrogen (secondary N) is 2. The van der Waals surface area contributed by atoms with Crippen LogP contribution in [0.15, 0.2) is 0 Å². The molecule has 146 valence electrons. The minimum atomic E-state index is -1.69. The minimum Gasteiger partial charge on any atom is -0.465 e. The van der Waals surface area contributed by atoms with E-state index in [1.165, 1.54) is 0 Å². The summed E-state index contributed by atoms with van der Waals surface area (Å²) in [6, 6.07) is -0.781. The number of rotatable bonds is 11. The number of thiol groups is 1. The summed E-state index contributed by atoms with van der Waals surface area (Å²) in [6.07, 6.45) is -0.443. The molecule has 0 rings (SSSR count). The van der Waals surface area contributed by atoms with Gasteiger partial charge in [-0.15, -0.1) is 0 Å². The summed E-state index contributed by atoms with van der Waals surface area (Å²) in [7, 11) is 0. The van der Waals surface area contributed by atoms with Gasteiger partial charge in [-0.1, -0.05) is 27.7 Å². The third kappa shape index (κ3) is 9.69. The van der Waals surface area contributed by atoms with Crippen LogP contribution in [-0.2, 0) is 19.1 Å². The number of hydrogen-bond donors (Lipinski definition) is 4. The van der Waals surface area contributed by atoms with Crippen LogP contribution in [0.4, 0.5) is 0 Å². The molecule has 0 radical (unpaired) electrons. The summed E-state index contributed by atoms with van der Waals surface area (Å²) in [5.74, 6) is -1.29. The van der Waals surface area contributed by atoms with Gasteiger partial charge in [0, 0.05) is 6.54 Å². The van der Waals surface area contributed by atoms with E-state index in [0.717, 1.165) is 6.42 Å². The third-order valence-corrected chi connectivity index (χ3v) is 3.95. The average molecular weight is 377 g/mol. The molecule has 0 aliphatic heterocycles. The van der Waals surface area contributed by atoms with Crippen molar-refractivity contribution in [3.05, 3.63) is 0 Å². The predicted molar refractivity (Wildman–Crippen MR) is 99.3 cm³/mol. The highest BCUT2D eigenvalue weighted by atomic mass is 32.1. The first kappa shape index (κ1) is 23.7. The van der Waals surface area contributed by atoms with Gasteiger partial charge in [0.2, 0.25) is 5.91 Å². The Balaban J connectivity index is 4.80. The lowest BCUT2D eigenvalue weighted by molar-refractivity contribution is -0.148. The molecule has 0 aliphatic carbocycles. The van der Waals surface area contributed by atoms with E-state index in [1.54, 1.807) is 6.92 Å². The van der Waals surface area contributed by atoms with E-state index < -0.39 is 29.3 Å². The second kappa shape index (κ2) is 12.1. The van der Waals surface area contributed by atoms with Gasteiger partial charge in [0.05, 0.1) is 6.61 Å². The highest BCUT2D eigenvalue weighted by molar-refractivity contribution is 7.81. The van der Waals surface area contributed by atoms with Crippen LogP contribution < -0.4 is 10.6 Å². The number of amides is 2. The second-order valence-electron chi connectivity index (χ2n) is 6.81. The Hall–Kier alpha value is -1.28. The molecule has 0 fully saturated rings. The van der Waals surface area contributed by atoms with Crippen molar-refractivity contribution in [2.45, 2.75) is 64.9 Å². The Morgan fingerprint density at radius 1 is 1.08 bits per heavy atom. The van der Waals surface area contributed by atoms with Gasteiger partial charge < -0.3 is 20.5 Å². The van der Waals surface area contributed by atoms with Crippen molar-refractivity contribution in [2.75, 3.05) is 13.2 Å². The maximum atomic E-state index is 12.3. The van der Waals surface area contributed by atoms with Crippen molar-refractivity contribution < 1.29 is 24.2 Å². The fraction of sp³-hybridized carbons (Fsp3) is 0.824. The maximum Gasteiger partial charge on any atom is 0.322 e. The molecule has 0 spiro atoms. The second-order valence-corrected chi connectivity index (χ2v) is 7.36. The lowest BCUT2D eigenvalue weighted by atomic mass is 10.0. The van der Waals surface area contributed by atoms with E-state index in [2.05, 4.69) is 37.1 Å². The quantitative estimate of drug-likeness (QED) is 0.317. The van der Waals surface area contributed by atoms with Crippen molar-refractivity contribution in [3.8, 4) is 0 Å². The van der Waals surface area contributed by atoms with Gasteiger partial charge >= 0.3 is 5.97 Å². The van der Waals surface area contributed by atoms with E-state index in [1.807, 2.05) is 13.8 Å². The normalized spacial score (nSPS) is 14.8. The molecule has 25 heavy (non-hydrogen) atoms. The summed E-state index contributed by atoms with van der Waals surface area (Å²) in [5.41, 5.74) is 0. The zero-order valence-corrected chi connectivity index (χ0v) is 16.6. The number of esters is 1. The molecule has 3 N–H and O–H groups in total. The first-order chi connectivity index (χ1) is 11.6. The molecule has 0 bridgehead atoms. The van der Waals surface area contributed by atoms with Crippen molar-refractivity contribution in [3.63, 3.8) is 0 Å². The van der Waals surface area contributed by atoms with Crippen LogP contribution in [-0.4, -0.2) is 53.4 Å². The van der Waals surface area contributed by atoms with Crippen LogP contribution in [0.3, 0.4) is 0 Å². The zero-order chi connectivity index (χ0) is 19.6. The molecular weight excluding hydrogens is 344 g/mol. The van der Waals surface area contributed by atoms with Crippen molar-refractivity contribution >= 4 is 30.4 Å². The molecule has 0 aliphatic rings. The molecule has 0 aromatic heterocycles. The van der Waals surface area contributed by atoms with Gasteiger partial charge in [-0.25, -0.2) is 0 Å². The topological polar surface area (TPSA) is 105 Å². The summed E-state index contributed by atoms with van der Waals surface area (Å²) < 4.78 is 4.73. The molecule has 2 amide bonds. The Kier molecular flexibility index (Phi) is 11.5. The van der Waals surface area contributed by atoms with E-state index in [4.69, 9.17) is 4.74 Å². The van der Waals surface area contributed by atoms with E-state index in [-0.39, 0.29) is 18.4 Å². The summed E-state index contributed by atoms with van der Waals surface area (Å²) >= 11 is 3.93. The number of aliphatic hydroxyl groups excluding tert-OH is 1. The fourth-order valence-electron chi connectivity index (χ4n) is 2.07. The van der Waals surface area contributed by atoms with Crippen molar-refractivity contribution in [1.82, 2.24) is 10.6 Å². The van der Waals surface area contributed by atoms with E-state index in [0.29, 0.717) is 18.9 Å². The van der Waals surface area contributed by atoms with Gasteiger partial charge in [-0.05, 0) is 31.6 Å². The van der Waals surface area contributed by atoms with Crippen LogP contribution >= 0.6 is 12.6 Å². The molecular formula is C17H32N2O5S. The van der Waals surface area contributed by atoms with Crippen LogP contribution in [0.2, 0.25) is 0 Å². The SMILES string of the molecule is CCOC(=O)[C@H](S)[C@H](O)C(=O)N[C@@H](CC(C)C)C(=O)NCCC(C)C. The van der Waals surface area contributed by atoms with Gasteiger partial charge in [-0.3, -0.25) is 14.4 Å². The lowest BCUT2D eigenvalue weighted by Crippen LogP contribution is -2.53. The Bertz CT molecular complexity index is 443. The molecule has 0 aromatic rings. The number of carbonyl (C=O) groups excluding carboxylic acids is 3. The highest BCUT2D eigenvalue weighted by Crippen LogP contribution is 2.09. The average Bonchev–Trinajstić information content (AvgIpc) is 2.51. The van der Waals surface area contributed by atoms with Crippen LogP contribution in [0.1, 0.15) is 47.5 Å². The number of hydrogen-bond acceptors (Lipinski definition) is 6. The highest BCUT2D eigenvalue weighted by Gasteiger charge is 2.33. The summed E-state index contributed by atoms with van der Waals surface area (Å²) in [4.78, 5) is 36.1. The molecule has 8 heteroatoms. The Morgan fingerprint density at radius 2 is 1.68 bits per heavy atom. The van der Waals surface area contributed by atoms with E-state index >= 15 is 0 Å². The van der Waals surface area contributed by atoms with Crippen molar-refractivity contribution in [2.24, 2.45) is 11.8 Å². The van der Waals surface area contributed by atoms with Crippen LogP contribution in [0.5, 0.6) is 0 Å². The first-order valence-electron chi connectivity index (χ1n) is 8.70. The van der Waals surface area contributed by atoms with Crippen LogP contribution in [0, 0.1) is 11.8 Å². The maximum absolute atomic E-state index is 12.3. The molecule has 7 nitrogen and oxygen atoms in total. The molecule has 0 unspecified atom stereocenters. The van der Waals surface area contributed by atoms with Crippen molar-refractivity contribution in [1.29, 1.82) is 0 Å². The standard InChI is InChI=1S/C17H32N2O5S/c1-6-24-17(23)14(25)13(20)16(22)19-12(9-11(4)5)15(21)18-8-7-10(2)3/h10-14,20,25H,6-9H2,1-5H3,(H,18,21)(H,19,22)/t12-,13-,14+/m0/s1. The fourth-order valence-corrected chi connectivity index (χ4v) is 2.28. The Labute approximate surface area is 155 Å². The number of aliphatic hydroxyl groups is 1. The molecule has 0 saturated heterocycles.